The summed E-state index contributed by atoms with van der Waals surface area (Å²) >= 11 is 1.53. The number of aryl methyl sites for hydroxylation is 1. The van der Waals surface area contributed by atoms with Gasteiger partial charge in [-0.2, -0.15) is 0 Å². The van der Waals surface area contributed by atoms with E-state index in [4.69, 9.17) is 0 Å². The van der Waals surface area contributed by atoms with Crippen LogP contribution >= 0.6 is 11.3 Å². The predicted molar refractivity (Wildman–Crippen MR) is 78.0 cm³/mol. The second-order valence-corrected chi connectivity index (χ2v) is 6.10. The number of benzene rings is 1. The highest BCUT2D eigenvalue weighted by Gasteiger charge is 2.19. The van der Waals surface area contributed by atoms with Crippen LogP contribution in [0.15, 0.2) is 18.2 Å². The molecule has 106 valence electrons. The molecule has 1 saturated carbocycles. The molecule has 5 nitrogen and oxygen atoms in total. The van der Waals surface area contributed by atoms with Crippen LogP contribution in [0.2, 0.25) is 0 Å². The summed E-state index contributed by atoms with van der Waals surface area (Å²) in [4.78, 5) is 0. The standard InChI is InChI=1S/C14H17N3O2S/c18-11-6-3-9(8-12(11)19)14-17-16-13(20-14)2-1-7-15-10-4-5-10/h3,6,8,10,15,18-19H,1-2,4-5,7H2. The zero-order valence-electron chi connectivity index (χ0n) is 11.0. The van der Waals surface area contributed by atoms with Gasteiger partial charge in [-0.3, -0.25) is 0 Å². The van der Waals surface area contributed by atoms with Crippen molar-refractivity contribution in [3.05, 3.63) is 23.2 Å². The summed E-state index contributed by atoms with van der Waals surface area (Å²) in [5, 5.41) is 32.4. The third-order valence-electron chi connectivity index (χ3n) is 3.27. The number of aromatic nitrogens is 2. The van der Waals surface area contributed by atoms with Crippen molar-refractivity contribution in [3.63, 3.8) is 0 Å². The Hall–Kier alpha value is -1.66. The summed E-state index contributed by atoms with van der Waals surface area (Å²) in [5.74, 6) is -0.252. The van der Waals surface area contributed by atoms with Crippen LogP contribution in [0.4, 0.5) is 0 Å². The van der Waals surface area contributed by atoms with Crippen molar-refractivity contribution in [2.45, 2.75) is 31.7 Å². The maximum atomic E-state index is 9.50. The van der Waals surface area contributed by atoms with E-state index in [1.165, 1.54) is 36.3 Å². The number of hydrogen-bond acceptors (Lipinski definition) is 6. The van der Waals surface area contributed by atoms with Gasteiger partial charge in [0.05, 0.1) is 0 Å². The molecule has 3 N–H and O–H groups in total. The molecular formula is C14H17N3O2S. The van der Waals surface area contributed by atoms with E-state index in [-0.39, 0.29) is 11.5 Å². The van der Waals surface area contributed by atoms with E-state index in [9.17, 15) is 10.2 Å². The summed E-state index contributed by atoms with van der Waals surface area (Å²) < 4.78 is 0. The summed E-state index contributed by atoms with van der Waals surface area (Å²) in [6, 6.07) is 5.45. The molecule has 0 unspecified atom stereocenters. The largest absolute Gasteiger partial charge is 0.504 e. The maximum Gasteiger partial charge on any atom is 0.158 e. The smallest absolute Gasteiger partial charge is 0.158 e. The molecule has 1 aromatic heterocycles. The maximum absolute atomic E-state index is 9.50. The van der Waals surface area contributed by atoms with Crippen LogP contribution in [0.5, 0.6) is 11.5 Å². The Bertz CT molecular complexity index is 596. The van der Waals surface area contributed by atoms with Crippen LogP contribution in [0, 0.1) is 0 Å². The van der Waals surface area contributed by atoms with E-state index in [1.54, 1.807) is 6.07 Å². The number of nitrogens with zero attached hydrogens (tertiary/aromatic N) is 2. The van der Waals surface area contributed by atoms with Crippen molar-refractivity contribution >= 4 is 11.3 Å². The van der Waals surface area contributed by atoms with Crippen LogP contribution in [-0.2, 0) is 6.42 Å². The fourth-order valence-corrected chi connectivity index (χ4v) is 2.84. The Labute approximate surface area is 121 Å². The Morgan fingerprint density at radius 3 is 2.80 bits per heavy atom. The number of nitrogens with one attached hydrogen (secondary N) is 1. The molecule has 1 fully saturated rings. The van der Waals surface area contributed by atoms with Crippen molar-refractivity contribution in [2.75, 3.05) is 6.54 Å². The van der Waals surface area contributed by atoms with Gasteiger partial charge in [0, 0.05) is 18.0 Å². The van der Waals surface area contributed by atoms with Crippen molar-refractivity contribution < 1.29 is 10.2 Å². The predicted octanol–water partition coefficient (Wildman–Crippen LogP) is 2.30. The lowest BCUT2D eigenvalue weighted by molar-refractivity contribution is 0.404. The van der Waals surface area contributed by atoms with Gasteiger partial charge in [-0.25, -0.2) is 0 Å². The van der Waals surface area contributed by atoms with Gasteiger partial charge in [0.25, 0.3) is 0 Å². The molecule has 6 heteroatoms. The normalized spacial score (nSPS) is 14.6. The first-order chi connectivity index (χ1) is 9.72. The molecule has 0 aliphatic heterocycles. The van der Waals surface area contributed by atoms with E-state index >= 15 is 0 Å². The molecule has 2 aromatic rings. The average molecular weight is 291 g/mol. The zero-order chi connectivity index (χ0) is 13.9. The molecule has 0 atom stereocenters. The molecule has 1 aromatic carbocycles. The fraction of sp³-hybridized carbons (Fsp3) is 0.429. The molecule has 1 aliphatic carbocycles. The van der Waals surface area contributed by atoms with Crippen molar-refractivity contribution in [1.82, 2.24) is 15.5 Å². The minimum atomic E-state index is -0.132. The van der Waals surface area contributed by atoms with Crippen molar-refractivity contribution in [2.24, 2.45) is 0 Å². The number of rotatable bonds is 6. The van der Waals surface area contributed by atoms with E-state index in [2.05, 4.69) is 15.5 Å². The first-order valence-corrected chi connectivity index (χ1v) is 7.62. The molecule has 1 heterocycles. The topological polar surface area (TPSA) is 78.3 Å². The summed E-state index contributed by atoms with van der Waals surface area (Å²) in [7, 11) is 0. The van der Waals surface area contributed by atoms with E-state index < -0.39 is 0 Å². The van der Waals surface area contributed by atoms with E-state index in [0.717, 1.165) is 41.0 Å². The number of hydrogen-bond donors (Lipinski definition) is 3. The van der Waals surface area contributed by atoms with Gasteiger partial charge in [0.15, 0.2) is 11.5 Å². The van der Waals surface area contributed by atoms with Gasteiger partial charge in [0.2, 0.25) is 0 Å². The lowest BCUT2D eigenvalue weighted by Gasteiger charge is -2.00. The zero-order valence-corrected chi connectivity index (χ0v) is 11.9. The Morgan fingerprint density at radius 2 is 2.05 bits per heavy atom. The van der Waals surface area contributed by atoms with Gasteiger partial charge in [-0.15, -0.1) is 10.2 Å². The lowest BCUT2D eigenvalue weighted by Crippen LogP contribution is -2.17. The van der Waals surface area contributed by atoms with Gasteiger partial charge < -0.3 is 15.5 Å². The van der Waals surface area contributed by atoms with Gasteiger partial charge in [-0.1, -0.05) is 11.3 Å². The molecule has 3 rings (SSSR count). The second-order valence-electron chi connectivity index (χ2n) is 5.04. The highest BCUT2D eigenvalue weighted by Crippen LogP contribution is 2.32. The minimum Gasteiger partial charge on any atom is -0.504 e. The molecule has 20 heavy (non-hydrogen) atoms. The quantitative estimate of drug-likeness (QED) is 0.562. The molecule has 0 saturated heterocycles. The molecule has 0 amide bonds. The third-order valence-corrected chi connectivity index (χ3v) is 4.30. The summed E-state index contributed by atoms with van der Waals surface area (Å²) in [5.41, 5.74) is 0.778. The number of aromatic hydroxyl groups is 2. The first kappa shape index (κ1) is 13.3. The van der Waals surface area contributed by atoms with Crippen molar-refractivity contribution in [3.8, 4) is 22.1 Å². The van der Waals surface area contributed by atoms with E-state index in [0.29, 0.717) is 0 Å². The average Bonchev–Trinajstić information content (AvgIpc) is 3.15. The molecule has 0 bridgehead atoms. The highest BCUT2D eigenvalue weighted by molar-refractivity contribution is 7.14. The Morgan fingerprint density at radius 1 is 1.20 bits per heavy atom. The Balaban J connectivity index is 1.58. The van der Waals surface area contributed by atoms with Crippen molar-refractivity contribution in [1.29, 1.82) is 0 Å². The number of phenols is 2. The van der Waals surface area contributed by atoms with Gasteiger partial charge >= 0.3 is 0 Å². The lowest BCUT2D eigenvalue weighted by atomic mass is 10.2. The van der Waals surface area contributed by atoms with Crippen LogP contribution in [0.25, 0.3) is 10.6 Å². The third kappa shape index (κ3) is 3.26. The van der Waals surface area contributed by atoms with Crippen LogP contribution in [-0.4, -0.2) is 33.0 Å². The van der Waals surface area contributed by atoms with Gasteiger partial charge in [-0.05, 0) is 44.0 Å². The highest BCUT2D eigenvalue weighted by atomic mass is 32.1. The second kappa shape index (κ2) is 5.76. The van der Waals surface area contributed by atoms with Gasteiger partial charge in [0.1, 0.15) is 10.0 Å². The Kier molecular flexibility index (Phi) is 3.84. The number of phenolic OH excluding ortho intramolecular Hbond substituents is 2. The molecule has 0 radical (unpaired) electrons. The van der Waals surface area contributed by atoms with E-state index in [1.807, 2.05) is 0 Å². The first-order valence-electron chi connectivity index (χ1n) is 6.80. The SMILES string of the molecule is Oc1ccc(-c2nnc(CCCNC3CC3)s2)cc1O. The summed E-state index contributed by atoms with van der Waals surface area (Å²) in [6.07, 6.45) is 4.61. The monoisotopic (exact) mass is 291 g/mol. The van der Waals surface area contributed by atoms with Crippen LogP contribution in [0.1, 0.15) is 24.3 Å². The van der Waals surface area contributed by atoms with Crippen LogP contribution in [0.3, 0.4) is 0 Å². The molecule has 0 spiro atoms. The summed E-state index contributed by atoms with van der Waals surface area (Å²) in [6.45, 7) is 1.03. The molecule has 1 aliphatic rings. The van der Waals surface area contributed by atoms with Crippen LogP contribution < -0.4 is 5.32 Å². The minimum absolute atomic E-state index is 0.121. The molecular weight excluding hydrogens is 274 g/mol. The fourth-order valence-electron chi connectivity index (χ4n) is 1.96.